The number of rotatable bonds is 2. The van der Waals surface area contributed by atoms with Gasteiger partial charge in [-0.05, 0) is 31.9 Å². The molecule has 2 aliphatic heterocycles. The zero-order valence-electron chi connectivity index (χ0n) is 15.7. The number of pyridine rings is 1. The number of hydrogen-bond donors (Lipinski definition) is 1. The van der Waals surface area contributed by atoms with Gasteiger partial charge in [0.1, 0.15) is 5.60 Å². The third-order valence-corrected chi connectivity index (χ3v) is 5.01. The summed E-state index contributed by atoms with van der Waals surface area (Å²) in [5, 5.41) is 7.21. The summed E-state index contributed by atoms with van der Waals surface area (Å²) >= 11 is 0. The number of carbonyl (C=O) groups is 1. The number of nitrogens with zero attached hydrogens (tertiary/aromatic N) is 4. The van der Waals surface area contributed by atoms with Crippen LogP contribution in [-0.4, -0.2) is 63.7 Å². The highest BCUT2D eigenvalue weighted by Crippen LogP contribution is 2.31. The van der Waals surface area contributed by atoms with Crippen LogP contribution in [0.5, 0.6) is 0 Å². The van der Waals surface area contributed by atoms with Gasteiger partial charge in [-0.15, -0.1) is 0 Å². The van der Waals surface area contributed by atoms with E-state index < -0.39 is 5.60 Å². The van der Waals surface area contributed by atoms with Crippen LogP contribution < -0.4 is 5.32 Å². The van der Waals surface area contributed by atoms with Crippen molar-refractivity contribution in [2.75, 3.05) is 31.6 Å². The van der Waals surface area contributed by atoms with E-state index in [-0.39, 0.29) is 12.1 Å². The highest BCUT2D eigenvalue weighted by atomic mass is 16.6. The monoisotopic (exact) mass is 371 g/mol. The first kappa shape index (κ1) is 17.9. The number of aromatic nitrogens is 3. The largest absolute Gasteiger partial charge is 0.378 e. The molecular formula is C19H25N5O3. The minimum absolute atomic E-state index is 0.0297. The molecule has 2 unspecified atom stereocenters. The molecule has 0 bridgehead atoms. The summed E-state index contributed by atoms with van der Waals surface area (Å²) in [4.78, 5) is 19.2. The summed E-state index contributed by atoms with van der Waals surface area (Å²) in [7, 11) is 1.85. The lowest BCUT2D eigenvalue weighted by atomic mass is 9.93. The smallest absolute Gasteiger partial charge is 0.322 e. The molecular weight excluding hydrogens is 346 g/mol. The number of aryl methyl sites for hydroxylation is 1. The molecule has 8 nitrogen and oxygen atoms in total. The van der Waals surface area contributed by atoms with E-state index in [4.69, 9.17) is 9.47 Å². The van der Waals surface area contributed by atoms with Crippen molar-refractivity contribution in [2.45, 2.75) is 31.5 Å². The average molecular weight is 371 g/mol. The van der Waals surface area contributed by atoms with E-state index in [1.807, 2.05) is 37.2 Å². The van der Waals surface area contributed by atoms with Crippen molar-refractivity contribution < 1.29 is 14.3 Å². The molecule has 2 atom stereocenters. The molecule has 4 rings (SSSR count). The Hall–Kier alpha value is -2.45. The average Bonchev–Trinajstić information content (AvgIpc) is 3.08. The number of urea groups is 1. The number of nitrogens with one attached hydrogen (secondary N) is 1. The Morgan fingerprint density at radius 3 is 3.07 bits per heavy atom. The Morgan fingerprint density at radius 1 is 1.44 bits per heavy atom. The first-order valence-corrected chi connectivity index (χ1v) is 9.30. The SMILES string of the molecule is CC1CN(C(=O)Nc2cccnc2-c2cnn(C)c2)CC2(CCCOC2)O1. The van der Waals surface area contributed by atoms with E-state index in [1.165, 1.54) is 0 Å². The maximum absolute atomic E-state index is 13.0. The van der Waals surface area contributed by atoms with Crippen LogP contribution in [0, 0.1) is 0 Å². The van der Waals surface area contributed by atoms with Gasteiger partial charge >= 0.3 is 6.03 Å². The molecule has 2 amide bonds. The van der Waals surface area contributed by atoms with Crippen LogP contribution in [0.25, 0.3) is 11.3 Å². The fourth-order valence-electron chi connectivity index (χ4n) is 3.90. The van der Waals surface area contributed by atoms with Crippen molar-refractivity contribution in [3.63, 3.8) is 0 Å². The maximum Gasteiger partial charge on any atom is 0.322 e. The fourth-order valence-corrected chi connectivity index (χ4v) is 3.90. The Morgan fingerprint density at radius 2 is 2.33 bits per heavy atom. The molecule has 4 heterocycles. The second-order valence-electron chi connectivity index (χ2n) is 7.38. The van der Waals surface area contributed by atoms with Crippen LogP contribution >= 0.6 is 0 Å². The zero-order valence-corrected chi connectivity index (χ0v) is 15.7. The number of carbonyl (C=O) groups excluding carboxylic acids is 1. The standard InChI is InChI=1S/C19H25N5O3/c1-14-10-24(12-19(27-14)6-4-8-26-13-19)18(25)22-16-5-3-7-20-17(16)15-9-21-23(2)11-15/h3,5,7,9,11,14H,4,6,8,10,12-13H2,1-2H3,(H,22,25). The van der Waals surface area contributed by atoms with Crippen LogP contribution in [-0.2, 0) is 16.5 Å². The zero-order chi connectivity index (χ0) is 18.9. The van der Waals surface area contributed by atoms with Crippen molar-refractivity contribution in [1.29, 1.82) is 0 Å². The topological polar surface area (TPSA) is 81.5 Å². The number of morpholine rings is 1. The van der Waals surface area contributed by atoms with Crippen LogP contribution in [0.2, 0.25) is 0 Å². The first-order valence-electron chi connectivity index (χ1n) is 9.30. The quantitative estimate of drug-likeness (QED) is 0.876. The summed E-state index contributed by atoms with van der Waals surface area (Å²) in [6, 6.07) is 3.53. The third kappa shape index (κ3) is 3.81. The molecule has 0 saturated carbocycles. The lowest BCUT2D eigenvalue weighted by Gasteiger charge is -2.47. The van der Waals surface area contributed by atoms with Crippen molar-refractivity contribution in [1.82, 2.24) is 19.7 Å². The molecule has 2 aliphatic rings. The van der Waals surface area contributed by atoms with Crippen LogP contribution in [0.1, 0.15) is 19.8 Å². The maximum atomic E-state index is 13.0. The van der Waals surface area contributed by atoms with Gasteiger partial charge < -0.3 is 19.7 Å². The summed E-state index contributed by atoms with van der Waals surface area (Å²) in [6.07, 6.45) is 7.17. The Bertz CT molecular complexity index is 815. The highest BCUT2D eigenvalue weighted by Gasteiger charge is 2.42. The minimum Gasteiger partial charge on any atom is -0.378 e. The molecule has 2 aromatic heterocycles. The van der Waals surface area contributed by atoms with E-state index in [0.29, 0.717) is 31.1 Å². The van der Waals surface area contributed by atoms with Gasteiger partial charge in [0.15, 0.2) is 0 Å². The number of amides is 2. The van der Waals surface area contributed by atoms with Gasteiger partial charge in [0, 0.05) is 38.2 Å². The van der Waals surface area contributed by atoms with Crippen molar-refractivity contribution in [2.24, 2.45) is 7.05 Å². The second-order valence-corrected chi connectivity index (χ2v) is 7.38. The van der Waals surface area contributed by atoms with Gasteiger partial charge in [0.2, 0.25) is 0 Å². The lowest BCUT2D eigenvalue weighted by Crippen LogP contribution is -2.60. The molecule has 1 N–H and O–H groups in total. The molecule has 27 heavy (non-hydrogen) atoms. The number of ether oxygens (including phenoxy) is 2. The number of hydrogen-bond acceptors (Lipinski definition) is 5. The molecule has 0 aliphatic carbocycles. The van der Waals surface area contributed by atoms with Crippen molar-refractivity contribution in [3.05, 3.63) is 30.7 Å². The molecule has 2 aromatic rings. The first-order chi connectivity index (χ1) is 13.0. The molecule has 0 aromatic carbocycles. The molecule has 8 heteroatoms. The van der Waals surface area contributed by atoms with Gasteiger partial charge in [-0.3, -0.25) is 9.67 Å². The Kier molecular flexibility index (Phi) is 4.84. The fraction of sp³-hybridized carbons (Fsp3) is 0.526. The predicted molar refractivity (Wildman–Crippen MR) is 100 cm³/mol. The van der Waals surface area contributed by atoms with Gasteiger partial charge in [0.05, 0.1) is 36.8 Å². The molecule has 2 saturated heterocycles. The van der Waals surface area contributed by atoms with E-state index in [0.717, 1.165) is 25.0 Å². The van der Waals surface area contributed by atoms with E-state index in [9.17, 15) is 4.79 Å². The molecule has 2 fully saturated rings. The Labute approximate surface area is 158 Å². The van der Waals surface area contributed by atoms with E-state index in [1.54, 1.807) is 17.1 Å². The highest BCUT2D eigenvalue weighted by molar-refractivity contribution is 5.93. The summed E-state index contributed by atoms with van der Waals surface area (Å²) in [5.41, 5.74) is 1.84. The lowest BCUT2D eigenvalue weighted by molar-refractivity contribution is -0.187. The van der Waals surface area contributed by atoms with E-state index in [2.05, 4.69) is 15.4 Å². The summed E-state index contributed by atoms with van der Waals surface area (Å²) in [6.45, 7) is 4.38. The van der Waals surface area contributed by atoms with Crippen LogP contribution in [0.4, 0.5) is 10.5 Å². The van der Waals surface area contributed by atoms with Gasteiger partial charge in [0.25, 0.3) is 0 Å². The van der Waals surface area contributed by atoms with E-state index >= 15 is 0 Å². The van der Waals surface area contributed by atoms with Gasteiger partial charge in [-0.25, -0.2) is 4.79 Å². The normalized spacial score (nSPS) is 25.6. The number of anilines is 1. The van der Waals surface area contributed by atoms with Crippen molar-refractivity contribution >= 4 is 11.7 Å². The Balaban J connectivity index is 1.52. The van der Waals surface area contributed by atoms with Crippen LogP contribution in [0.15, 0.2) is 30.7 Å². The molecule has 1 spiro atoms. The molecule has 0 radical (unpaired) electrons. The predicted octanol–water partition coefficient (Wildman–Crippen LogP) is 2.28. The van der Waals surface area contributed by atoms with Gasteiger partial charge in [-0.2, -0.15) is 5.10 Å². The summed E-state index contributed by atoms with van der Waals surface area (Å²) < 4.78 is 13.5. The minimum atomic E-state index is -0.394. The van der Waals surface area contributed by atoms with Crippen molar-refractivity contribution in [3.8, 4) is 11.3 Å². The molecule has 144 valence electrons. The van der Waals surface area contributed by atoms with Gasteiger partial charge in [-0.1, -0.05) is 0 Å². The van der Waals surface area contributed by atoms with Crippen LogP contribution in [0.3, 0.4) is 0 Å². The summed E-state index contributed by atoms with van der Waals surface area (Å²) in [5.74, 6) is 0. The third-order valence-electron chi connectivity index (χ3n) is 5.01. The second kappa shape index (κ2) is 7.28.